The van der Waals surface area contributed by atoms with E-state index >= 15 is 0 Å². The lowest BCUT2D eigenvalue weighted by Gasteiger charge is -2.34. The normalized spacial score (nSPS) is 28.5. The van der Waals surface area contributed by atoms with Crippen LogP contribution in [0.3, 0.4) is 0 Å². The first-order chi connectivity index (χ1) is 6.01. The maximum absolute atomic E-state index is 11.7. The molecule has 1 N–H and O–H groups in total. The van der Waals surface area contributed by atoms with Crippen molar-refractivity contribution >= 4 is 5.91 Å². The summed E-state index contributed by atoms with van der Waals surface area (Å²) in [5.41, 5.74) is -0.304. The Morgan fingerprint density at radius 1 is 1.62 bits per heavy atom. The largest absolute Gasteiger partial charge is 0.394 e. The van der Waals surface area contributed by atoms with Gasteiger partial charge in [-0.1, -0.05) is 13.8 Å². The molecule has 1 aliphatic rings. The highest BCUT2D eigenvalue weighted by Crippen LogP contribution is 2.29. The van der Waals surface area contributed by atoms with Gasteiger partial charge in [0.05, 0.1) is 12.1 Å². The Morgan fingerprint density at radius 3 is 2.69 bits per heavy atom. The fourth-order valence-electron chi connectivity index (χ4n) is 1.88. The summed E-state index contributed by atoms with van der Waals surface area (Å²) >= 11 is 0. The van der Waals surface area contributed by atoms with Crippen LogP contribution >= 0.6 is 0 Å². The summed E-state index contributed by atoms with van der Waals surface area (Å²) < 4.78 is 0. The second-order valence-electron chi connectivity index (χ2n) is 4.40. The van der Waals surface area contributed by atoms with Crippen molar-refractivity contribution in [3.8, 4) is 0 Å². The van der Waals surface area contributed by atoms with Crippen molar-refractivity contribution < 1.29 is 9.90 Å². The number of hydrogen-bond donors (Lipinski definition) is 1. The number of amides is 1. The minimum Gasteiger partial charge on any atom is -0.394 e. The summed E-state index contributed by atoms with van der Waals surface area (Å²) in [5.74, 6) is 0.193. The van der Waals surface area contributed by atoms with Gasteiger partial charge in [-0.25, -0.2) is 0 Å². The molecule has 0 bridgehead atoms. The zero-order valence-electron chi connectivity index (χ0n) is 8.71. The van der Waals surface area contributed by atoms with E-state index < -0.39 is 0 Å². The van der Waals surface area contributed by atoms with Gasteiger partial charge in [-0.15, -0.1) is 0 Å². The van der Waals surface area contributed by atoms with Gasteiger partial charge in [0.25, 0.3) is 0 Å². The number of carbonyl (C=O) groups is 1. The first kappa shape index (κ1) is 10.5. The number of likely N-dealkylation sites (tertiary alicyclic amines) is 1. The van der Waals surface area contributed by atoms with Gasteiger partial charge in [0, 0.05) is 12.5 Å². The quantitative estimate of drug-likeness (QED) is 0.697. The Kier molecular flexibility index (Phi) is 2.96. The van der Waals surface area contributed by atoms with E-state index in [1.54, 1.807) is 0 Å². The lowest BCUT2D eigenvalue weighted by molar-refractivity contribution is -0.139. The molecule has 0 radical (unpaired) electrons. The third kappa shape index (κ3) is 1.85. The zero-order chi connectivity index (χ0) is 10.1. The van der Waals surface area contributed by atoms with Crippen LogP contribution in [0.2, 0.25) is 0 Å². The number of rotatable bonds is 2. The second kappa shape index (κ2) is 3.66. The molecule has 1 atom stereocenters. The summed E-state index contributed by atoms with van der Waals surface area (Å²) in [4.78, 5) is 13.6. The van der Waals surface area contributed by atoms with Gasteiger partial charge in [0.15, 0.2) is 0 Å². The van der Waals surface area contributed by atoms with Crippen LogP contribution in [-0.2, 0) is 4.79 Å². The molecular formula is C10H19NO2. The van der Waals surface area contributed by atoms with E-state index in [1.807, 2.05) is 25.7 Å². The van der Waals surface area contributed by atoms with Crippen LogP contribution in [0.25, 0.3) is 0 Å². The number of aliphatic hydroxyl groups excluding tert-OH is 1. The molecule has 1 aliphatic heterocycles. The standard InChI is InChI=1S/C10H19NO2/c1-8(2)9(13)11-6-4-5-10(11,3)7-12/h8,12H,4-7H2,1-3H3. The third-order valence-electron chi connectivity index (χ3n) is 2.85. The summed E-state index contributed by atoms with van der Waals surface area (Å²) in [5, 5.41) is 9.23. The molecule has 13 heavy (non-hydrogen) atoms. The third-order valence-corrected chi connectivity index (χ3v) is 2.85. The first-order valence-electron chi connectivity index (χ1n) is 4.93. The lowest BCUT2D eigenvalue weighted by Crippen LogP contribution is -2.49. The molecule has 0 spiro atoms. The van der Waals surface area contributed by atoms with Crippen molar-refractivity contribution in [2.24, 2.45) is 5.92 Å². The first-order valence-corrected chi connectivity index (χ1v) is 4.93. The van der Waals surface area contributed by atoms with Crippen molar-refractivity contribution in [3.05, 3.63) is 0 Å². The molecule has 1 heterocycles. The number of hydrogen-bond acceptors (Lipinski definition) is 2. The number of aliphatic hydroxyl groups is 1. The number of carbonyl (C=O) groups excluding carboxylic acids is 1. The Balaban J connectivity index is 2.74. The van der Waals surface area contributed by atoms with Crippen LogP contribution in [0.1, 0.15) is 33.6 Å². The molecule has 3 heteroatoms. The van der Waals surface area contributed by atoms with Gasteiger partial charge in [-0.2, -0.15) is 0 Å². The maximum Gasteiger partial charge on any atom is 0.225 e. The van der Waals surface area contributed by atoms with Crippen molar-refractivity contribution in [2.45, 2.75) is 39.2 Å². The molecule has 1 fully saturated rings. The fourth-order valence-corrected chi connectivity index (χ4v) is 1.88. The van der Waals surface area contributed by atoms with Gasteiger partial charge in [0.2, 0.25) is 5.91 Å². The molecule has 0 aliphatic carbocycles. The molecule has 0 aromatic heterocycles. The van der Waals surface area contributed by atoms with Crippen molar-refractivity contribution in [3.63, 3.8) is 0 Å². The average Bonchev–Trinajstić information content (AvgIpc) is 2.47. The minimum absolute atomic E-state index is 0.0315. The van der Waals surface area contributed by atoms with Crippen LogP contribution in [0.15, 0.2) is 0 Å². The lowest BCUT2D eigenvalue weighted by atomic mass is 9.99. The average molecular weight is 185 g/mol. The van der Waals surface area contributed by atoms with Crippen LogP contribution < -0.4 is 0 Å². The molecule has 0 aromatic rings. The highest BCUT2D eigenvalue weighted by Gasteiger charge is 2.39. The molecule has 1 rings (SSSR count). The Hall–Kier alpha value is -0.570. The van der Waals surface area contributed by atoms with E-state index in [0.717, 1.165) is 19.4 Å². The van der Waals surface area contributed by atoms with Gasteiger partial charge >= 0.3 is 0 Å². The van der Waals surface area contributed by atoms with Crippen LogP contribution in [0.4, 0.5) is 0 Å². The molecule has 1 amide bonds. The van der Waals surface area contributed by atoms with Crippen LogP contribution in [0, 0.1) is 5.92 Å². The predicted octanol–water partition coefficient (Wildman–Crippen LogP) is 1.02. The van der Waals surface area contributed by atoms with E-state index in [9.17, 15) is 9.90 Å². The molecule has 0 aromatic carbocycles. The van der Waals surface area contributed by atoms with Gasteiger partial charge in [0.1, 0.15) is 0 Å². The van der Waals surface area contributed by atoms with E-state index in [0.29, 0.717) is 0 Å². The SMILES string of the molecule is CC(C)C(=O)N1CCCC1(C)CO. The van der Waals surface area contributed by atoms with Gasteiger partial charge in [-0.05, 0) is 19.8 Å². The monoisotopic (exact) mass is 185 g/mol. The van der Waals surface area contributed by atoms with E-state index in [-0.39, 0.29) is 24.0 Å². The van der Waals surface area contributed by atoms with Crippen molar-refractivity contribution in [1.29, 1.82) is 0 Å². The summed E-state index contributed by atoms with van der Waals surface area (Å²) in [6, 6.07) is 0. The predicted molar refractivity (Wildman–Crippen MR) is 51.3 cm³/mol. The van der Waals surface area contributed by atoms with E-state index in [2.05, 4.69) is 0 Å². The molecular weight excluding hydrogens is 166 g/mol. The second-order valence-corrected chi connectivity index (χ2v) is 4.40. The Bertz CT molecular complexity index is 203. The van der Waals surface area contributed by atoms with Gasteiger partial charge in [-0.3, -0.25) is 4.79 Å². The zero-order valence-corrected chi connectivity index (χ0v) is 8.71. The molecule has 1 saturated heterocycles. The van der Waals surface area contributed by atoms with Crippen LogP contribution in [0.5, 0.6) is 0 Å². The number of nitrogens with zero attached hydrogens (tertiary/aromatic N) is 1. The summed E-state index contributed by atoms with van der Waals surface area (Å²) in [6.07, 6.45) is 1.93. The maximum atomic E-state index is 11.7. The summed E-state index contributed by atoms with van der Waals surface area (Å²) in [7, 11) is 0. The highest BCUT2D eigenvalue weighted by molar-refractivity contribution is 5.79. The Morgan fingerprint density at radius 2 is 2.23 bits per heavy atom. The minimum atomic E-state index is -0.304. The van der Waals surface area contributed by atoms with Crippen LogP contribution in [-0.4, -0.2) is 34.6 Å². The Labute approximate surface area is 79.7 Å². The molecule has 3 nitrogen and oxygen atoms in total. The van der Waals surface area contributed by atoms with Gasteiger partial charge < -0.3 is 10.0 Å². The highest BCUT2D eigenvalue weighted by atomic mass is 16.3. The van der Waals surface area contributed by atoms with Crippen molar-refractivity contribution in [1.82, 2.24) is 4.90 Å². The molecule has 1 unspecified atom stereocenters. The fraction of sp³-hybridized carbons (Fsp3) is 0.900. The topological polar surface area (TPSA) is 40.5 Å². The summed E-state index contributed by atoms with van der Waals surface area (Å²) in [6.45, 7) is 6.64. The van der Waals surface area contributed by atoms with Crippen molar-refractivity contribution in [2.75, 3.05) is 13.2 Å². The van der Waals surface area contributed by atoms with E-state index in [1.165, 1.54) is 0 Å². The smallest absolute Gasteiger partial charge is 0.225 e. The molecule has 76 valence electrons. The van der Waals surface area contributed by atoms with E-state index in [4.69, 9.17) is 0 Å². The molecule has 0 saturated carbocycles.